The van der Waals surface area contributed by atoms with Crippen LogP contribution in [0, 0.1) is 5.92 Å². The summed E-state index contributed by atoms with van der Waals surface area (Å²) < 4.78 is 13.3. The van der Waals surface area contributed by atoms with Crippen LogP contribution in [0.5, 0.6) is 0 Å². The topological polar surface area (TPSA) is 70.0 Å². The third-order valence-corrected chi connectivity index (χ3v) is 6.83. The van der Waals surface area contributed by atoms with E-state index in [0.717, 1.165) is 41.4 Å². The number of ether oxygens (including phenoxy) is 2. The van der Waals surface area contributed by atoms with Gasteiger partial charge in [-0.3, -0.25) is 4.84 Å². The lowest BCUT2D eigenvalue weighted by molar-refractivity contribution is -0.152. The molecule has 1 saturated carbocycles. The minimum absolute atomic E-state index is 0.0560. The van der Waals surface area contributed by atoms with Gasteiger partial charge in [-0.25, -0.2) is 14.2 Å². The second kappa shape index (κ2) is 7.49. The fraction of sp³-hybridized carbons (Fsp3) is 0.615. The average molecular weight is 455 g/mol. The van der Waals surface area contributed by atoms with Crippen molar-refractivity contribution in [3.63, 3.8) is 0 Å². The summed E-state index contributed by atoms with van der Waals surface area (Å²) in [6.07, 6.45) is 2.63. The van der Waals surface area contributed by atoms with E-state index < -0.39 is 17.3 Å². The maximum absolute atomic E-state index is 13.4. The van der Waals surface area contributed by atoms with Gasteiger partial charge < -0.3 is 9.47 Å². The largest absolute Gasteiger partial charge is 0.443 e. The van der Waals surface area contributed by atoms with Crippen LogP contribution in [0.25, 0.3) is 10.9 Å². The van der Waals surface area contributed by atoms with E-state index in [0.29, 0.717) is 6.42 Å². The molecule has 1 aromatic heterocycles. The molecule has 0 spiro atoms. The first-order valence-electron chi connectivity index (χ1n) is 12.0. The molecular formula is C26H34N2O5. The molecular weight excluding hydrogens is 420 g/mol. The van der Waals surface area contributed by atoms with Crippen molar-refractivity contribution in [2.45, 2.75) is 96.5 Å². The van der Waals surface area contributed by atoms with Crippen LogP contribution in [0.1, 0.15) is 78.0 Å². The maximum Gasteiger partial charge on any atom is 0.434 e. The van der Waals surface area contributed by atoms with Gasteiger partial charge in [-0.15, -0.1) is 0 Å². The van der Waals surface area contributed by atoms with E-state index in [-0.39, 0.29) is 30.1 Å². The van der Waals surface area contributed by atoms with Crippen LogP contribution in [0.15, 0.2) is 24.3 Å². The average Bonchev–Trinajstić information content (AvgIpc) is 3.23. The molecule has 33 heavy (non-hydrogen) atoms. The SMILES string of the molecule is CC(C)(C)OC(=O)N1O[C@H]2CCC[C@H]3c4c(c5ccccc5n4C(=O)OC(C)(C)C)C[C@@H]1[C@@H]23. The molecule has 1 saturated heterocycles. The van der Waals surface area contributed by atoms with Gasteiger partial charge in [0.05, 0.1) is 17.7 Å². The van der Waals surface area contributed by atoms with E-state index in [9.17, 15) is 9.59 Å². The monoisotopic (exact) mass is 454 g/mol. The minimum atomic E-state index is -0.597. The molecule has 0 bridgehead atoms. The zero-order chi connectivity index (χ0) is 23.7. The molecule has 7 heteroatoms. The van der Waals surface area contributed by atoms with Gasteiger partial charge in [0.15, 0.2) is 0 Å². The quantitative estimate of drug-likeness (QED) is 0.504. The number of carbonyl (C=O) groups is 2. The van der Waals surface area contributed by atoms with Crippen LogP contribution in [-0.2, 0) is 20.7 Å². The van der Waals surface area contributed by atoms with Crippen molar-refractivity contribution in [3.05, 3.63) is 35.5 Å². The highest BCUT2D eigenvalue weighted by molar-refractivity contribution is 5.94. The predicted octanol–water partition coefficient (Wildman–Crippen LogP) is 5.78. The molecule has 2 fully saturated rings. The molecule has 4 atom stereocenters. The Hall–Kier alpha value is -2.54. The van der Waals surface area contributed by atoms with Crippen LogP contribution in [0.3, 0.4) is 0 Å². The van der Waals surface area contributed by atoms with Crippen molar-refractivity contribution in [1.29, 1.82) is 0 Å². The Balaban J connectivity index is 1.62. The van der Waals surface area contributed by atoms with E-state index in [1.807, 2.05) is 59.7 Å². The number of rotatable bonds is 0. The van der Waals surface area contributed by atoms with Gasteiger partial charge >= 0.3 is 12.2 Å². The Morgan fingerprint density at radius 3 is 2.33 bits per heavy atom. The number of aromatic nitrogens is 1. The van der Waals surface area contributed by atoms with Crippen molar-refractivity contribution in [2.24, 2.45) is 5.92 Å². The van der Waals surface area contributed by atoms with Crippen molar-refractivity contribution in [1.82, 2.24) is 9.63 Å². The Bertz CT molecular complexity index is 1110. The summed E-state index contributed by atoms with van der Waals surface area (Å²) in [6.45, 7) is 11.3. The normalized spacial score (nSPS) is 26.7. The highest BCUT2D eigenvalue weighted by atomic mass is 16.7. The van der Waals surface area contributed by atoms with E-state index >= 15 is 0 Å². The molecule has 0 radical (unpaired) electrons. The van der Waals surface area contributed by atoms with Crippen LogP contribution in [0.4, 0.5) is 9.59 Å². The van der Waals surface area contributed by atoms with Crippen molar-refractivity contribution in [3.8, 4) is 0 Å². The molecule has 0 N–H and O–H groups in total. The number of para-hydroxylation sites is 1. The van der Waals surface area contributed by atoms with Gasteiger partial charge in [0.25, 0.3) is 0 Å². The number of benzene rings is 1. The van der Waals surface area contributed by atoms with E-state index in [1.54, 1.807) is 4.57 Å². The molecule has 2 aliphatic carbocycles. The summed E-state index contributed by atoms with van der Waals surface area (Å²) >= 11 is 0. The lowest BCUT2D eigenvalue weighted by atomic mass is 9.67. The number of hydrogen-bond acceptors (Lipinski definition) is 5. The second-order valence-electron chi connectivity index (χ2n) is 11.5. The zero-order valence-electron chi connectivity index (χ0n) is 20.4. The van der Waals surface area contributed by atoms with E-state index in [2.05, 4.69) is 6.07 Å². The predicted molar refractivity (Wildman–Crippen MR) is 124 cm³/mol. The van der Waals surface area contributed by atoms with Crippen LogP contribution >= 0.6 is 0 Å². The molecule has 1 amide bonds. The van der Waals surface area contributed by atoms with Gasteiger partial charge in [0.2, 0.25) is 0 Å². The highest BCUT2D eigenvalue weighted by Gasteiger charge is 2.56. The summed E-state index contributed by atoms with van der Waals surface area (Å²) in [4.78, 5) is 32.7. The summed E-state index contributed by atoms with van der Waals surface area (Å²) in [5.41, 5.74) is 1.82. The third-order valence-electron chi connectivity index (χ3n) is 6.83. The number of hydrogen-bond donors (Lipinski definition) is 0. The number of hydroxylamine groups is 2. The van der Waals surface area contributed by atoms with Gasteiger partial charge in [-0.2, -0.15) is 5.06 Å². The van der Waals surface area contributed by atoms with Gasteiger partial charge in [-0.05, 0) is 72.4 Å². The summed E-state index contributed by atoms with van der Waals surface area (Å²) in [5, 5.41) is 2.52. The zero-order valence-corrected chi connectivity index (χ0v) is 20.4. The first-order valence-corrected chi connectivity index (χ1v) is 12.0. The van der Waals surface area contributed by atoms with Crippen LogP contribution < -0.4 is 0 Å². The number of amides is 1. The Labute approximate surface area is 194 Å². The van der Waals surface area contributed by atoms with Crippen LogP contribution in [0.2, 0.25) is 0 Å². The molecule has 7 nitrogen and oxygen atoms in total. The Kier molecular flexibility index (Phi) is 5.05. The lowest BCUT2D eigenvalue weighted by Crippen LogP contribution is -2.46. The molecule has 1 aliphatic heterocycles. The number of fused-ring (bicyclic) bond motifs is 4. The third kappa shape index (κ3) is 3.80. The van der Waals surface area contributed by atoms with Crippen LogP contribution in [-0.4, -0.2) is 45.2 Å². The van der Waals surface area contributed by atoms with E-state index in [4.69, 9.17) is 14.3 Å². The smallest absolute Gasteiger partial charge is 0.434 e. The fourth-order valence-corrected chi connectivity index (χ4v) is 5.87. The molecule has 1 aromatic carbocycles. The second-order valence-corrected chi connectivity index (χ2v) is 11.5. The standard InChI is InChI=1S/C26H34N2O5/c1-25(2,3)31-23(29)27-18-12-8-7-10-15(18)17-14-19-21-16(22(17)27)11-9-13-20(21)33-28(19)24(30)32-26(4,5)6/h7-8,10,12,16,19-21H,9,11,13-14H2,1-6H3/t16-,19-,20+,21+/m1/s1. The molecule has 178 valence electrons. The number of nitrogens with zero attached hydrogens (tertiary/aromatic N) is 2. The molecule has 0 unspecified atom stereocenters. The van der Waals surface area contributed by atoms with Gasteiger partial charge in [0.1, 0.15) is 11.2 Å². The highest BCUT2D eigenvalue weighted by Crippen LogP contribution is 2.53. The lowest BCUT2D eigenvalue weighted by Gasteiger charge is -2.39. The minimum Gasteiger partial charge on any atom is -0.443 e. The molecule has 3 aliphatic rings. The summed E-state index contributed by atoms with van der Waals surface area (Å²) in [6, 6.07) is 7.88. The first-order chi connectivity index (χ1) is 15.4. The fourth-order valence-electron chi connectivity index (χ4n) is 5.87. The van der Waals surface area contributed by atoms with Gasteiger partial charge in [0, 0.05) is 22.9 Å². The van der Waals surface area contributed by atoms with Crippen molar-refractivity contribution >= 4 is 23.1 Å². The molecule has 2 heterocycles. The van der Waals surface area contributed by atoms with E-state index in [1.165, 1.54) is 5.06 Å². The molecule has 2 aromatic rings. The first kappa shape index (κ1) is 22.3. The van der Waals surface area contributed by atoms with Crippen molar-refractivity contribution < 1.29 is 23.9 Å². The summed E-state index contributed by atoms with van der Waals surface area (Å²) in [7, 11) is 0. The number of carbonyl (C=O) groups excluding carboxylic acids is 2. The van der Waals surface area contributed by atoms with Gasteiger partial charge in [-0.1, -0.05) is 24.6 Å². The van der Waals surface area contributed by atoms with Crippen molar-refractivity contribution in [2.75, 3.05) is 0 Å². The summed E-state index contributed by atoms with van der Waals surface area (Å²) in [5.74, 6) is 0.245. The Morgan fingerprint density at radius 2 is 1.64 bits per heavy atom. The maximum atomic E-state index is 13.4. The Morgan fingerprint density at radius 1 is 0.970 bits per heavy atom. The molecule has 5 rings (SSSR count).